The third kappa shape index (κ3) is 3.52. The van der Waals surface area contributed by atoms with Crippen molar-refractivity contribution in [3.05, 3.63) is 34.1 Å². The molecule has 0 amide bonds. The van der Waals surface area contributed by atoms with E-state index in [0.29, 0.717) is 5.92 Å². The van der Waals surface area contributed by atoms with Gasteiger partial charge < -0.3 is 5.11 Å². The van der Waals surface area contributed by atoms with Crippen LogP contribution in [0.2, 0.25) is 0 Å². The quantitative estimate of drug-likeness (QED) is 0.888. The van der Waals surface area contributed by atoms with Gasteiger partial charge in [-0.15, -0.1) is 0 Å². The SMILES string of the molecule is OC(CCc1cc(F)ccc1Br)C1CCCC1. The minimum absolute atomic E-state index is 0.210. The summed E-state index contributed by atoms with van der Waals surface area (Å²) in [6, 6.07) is 4.72. The zero-order valence-corrected chi connectivity index (χ0v) is 11.4. The Hall–Kier alpha value is -0.410. The molecule has 1 aromatic rings. The lowest BCUT2D eigenvalue weighted by Gasteiger charge is -2.17. The van der Waals surface area contributed by atoms with Crippen molar-refractivity contribution in [3.63, 3.8) is 0 Å². The summed E-state index contributed by atoms with van der Waals surface area (Å²) in [6.07, 6.45) is 6.00. The van der Waals surface area contributed by atoms with Crippen LogP contribution in [0.15, 0.2) is 22.7 Å². The van der Waals surface area contributed by atoms with Gasteiger partial charge in [-0.2, -0.15) is 0 Å². The molecule has 0 radical (unpaired) electrons. The summed E-state index contributed by atoms with van der Waals surface area (Å²) in [7, 11) is 0. The van der Waals surface area contributed by atoms with E-state index >= 15 is 0 Å². The number of hydrogen-bond acceptors (Lipinski definition) is 1. The maximum atomic E-state index is 13.1. The molecule has 0 bridgehead atoms. The van der Waals surface area contributed by atoms with E-state index in [-0.39, 0.29) is 11.9 Å². The molecular weight excluding hydrogens is 283 g/mol. The minimum atomic E-state index is -0.229. The smallest absolute Gasteiger partial charge is 0.123 e. The molecule has 1 atom stereocenters. The van der Waals surface area contributed by atoms with Crippen molar-refractivity contribution in [2.45, 2.75) is 44.6 Å². The van der Waals surface area contributed by atoms with Gasteiger partial charge in [0.25, 0.3) is 0 Å². The van der Waals surface area contributed by atoms with Crippen molar-refractivity contribution < 1.29 is 9.50 Å². The number of aliphatic hydroxyl groups is 1. The number of hydrogen-bond donors (Lipinski definition) is 1. The molecule has 1 aromatic carbocycles. The highest BCUT2D eigenvalue weighted by atomic mass is 79.9. The van der Waals surface area contributed by atoms with Crippen LogP contribution in [0.5, 0.6) is 0 Å². The monoisotopic (exact) mass is 300 g/mol. The van der Waals surface area contributed by atoms with E-state index in [4.69, 9.17) is 0 Å². The lowest BCUT2D eigenvalue weighted by atomic mass is 9.95. The largest absolute Gasteiger partial charge is 0.393 e. The highest BCUT2D eigenvalue weighted by Gasteiger charge is 2.22. The van der Waals surface area contributed by atoms with Crippen molar-refractivity contribution in [2.75, 3.05) is 0 Å². The molecule has 0 aromatic heterocycles. The molecule has 0 heterocycles. The van der Waals surface area contributed by atoms with Gasteiger partial charge in [0.2, 0.25) is 0 Å². The van der Waals surface area contributed by atoms with E-state index in [9.17, 15) is 9.50 Å². The Morgan fingerprint density at radius 3 is 2.76 bits per heavy atom. The predicted molar refractivity (Wildman–Crippen MR) is 70.4 cm³/mol. The van der Waals surface area contributed by atoms with Crippen molar-refractivity contribution in [2.24, 2.45) is 5.92 Å². The second-order valence-corrected chi connectivity index (χ2v) is 5.74. The van der Waals surface area contributed by atoms with Crippen LogP contribution in [0.4, 0.5) is 4.39 Å². The molecule has 1 aliphatic rings. The van der Waals surface area contributed by atoms with E-state index in [1.54, 1.807) is 12.1 Å². The molecule has 1 aliphatic carbocycles. The Balaban J connectivity index is 1.90. The van der Waals surface area contributed by atoms with Crippen LogP contribution in [-0.2, 0) is 6.42 Å². The van der Waals surface area contributed by atoms with Crippen molar-refractivity contribution in [3.8, 4) is 0 Å². The molecule has 17 heavy (non-hydrogen) atoms. The molecule has 1 nitrogen and oxygen atoms in total. The van der Waals surface area contributed by atoms with Crippen LogP contribution in [0.3, 0.4) is 0 Å². The van der Waals surface area contributed by atoms with Crippen LogP contribution < -0.4 is 0 Å². The molecule has 1 N–H and O–H groups in total. The average Bonchev–Trinajstić information content (AvgIpc) is 2.83. The normalized spacial score (nSPS) is 18.5. The van der Waals surface area contributed by atoms with Crippen LogP contribution in [0.25, 0.3) is 0 Å². The van der Waals surface area contributed by atoms with Crippen LogP contribution in [-0.4, -0.2) is 11.2 Å². The van der Waals surface area contributed by atoms with Crippen molar-refractivity contribution in [1.82, 2.24) is 0 Å². The molecular formula is C14H18BrFO. The van der Waals surface area contributed by atoms with E-state index in [1.807, 2.05) is 0 Å². The van der Waals surface area contributed by atoms with Gasteiger partial charge >= 0.3 is 0 Å². The van der Waals surface area contributed by atoms with Gasteiger partial charge in [-0.25, -0.2) is 4.39 Å². The third-order valence-electron chi connectivity index (χ3n) is 3.66. The first-order valence-electron chi connectivity index (χ1n) is 6.29. The van der Waals surface area contributed by atoms with Gasteiger partial charge in [0.1, 0.15) is 5.82 Å². The zero-order valence-electron chi connectivity index (χ0n) is 9.83. The van der Waals surface area contributed by atoms with Crippen molar-refractivity contribution >= 4 is 15.9 Å². The zero-order chi connectivity index (χ0) is 12.3. The molecule has 1 unspecified atom stereocenters. The first kappa shape index (κ1) is 13.0. The van der Waals surface area contributed by atoms with E-state index in [0.717, 1.165) is 35.7 Å². The lowest BCUT2D eigenvalue weighted by Crippen LogP contribution is -2.18. The fourth-order valence-electron chi connectivity index (χ4n) is 2.62. The van der Waals surface area contributed by atoms with Crippen molar-refractivity contribution in [1.29, 1.82) is 0 Å². The highest BCUT2D eigenvalue weighted by Crippen LogP contribution is 2.30. The Kier molecular flexibility index (Phi) is 4.57. The predicted octanol–water partition coefficient (Wildman–Crippen LogP) is 4.07. The van der Waals surface area contributed by atoms with Crippen LogP contribution >= 0.6 is 15.9 Å². The summed E-state index contributed by atoms with van der Waals surface area (Å²) in [4.78, 5) is 0. The molecule has 94 valence electrons. The molecule has 1 saturated carbocycles. The van der Waals surface area contributed by atoms with Gasteiger partial charge in [0.05, 0.1) is 6.10 Å². The fourth-order valence-corrected chi connectivity index (χ4v) is 3.06. The standard InChI is InChI=1S/C14H18BrFO/c15-13-7-6-12(16)9-11(13)5-8-14(17)10-3-1-2-4-10/h6-7,9-10,14,17H,1-5,8H2. The second kappa shape index (κ2) is 5.96. The second-order valence-electron chi connectivity index (χ2n) is 4.89. The van der Waals surface area contributed by atoms with Gasteiger partial charge in [-0.3, -0.25) is 0 Å². The maximum Gasteiger partial charge on any atom is 0.123 e. The first-order valence-corrected chi connectivity index (χ1v) is 7.08. The Morgan fingerprint density at radius 1 is 1.35 bits per heavy atom. The maximum absolute atomic E-state index is 13.1. The molecule has 3 heteroatoms. The fraction of sp³-hybridized carbons (Fsp3) is 0.571. The summed E-state index contributed by atoms with van der Waals surface area (Å²) in [5.41, 5.74) is 0.946. The van der Waals surface area contributed by atoms with Crippen LogP contribution in [0, 0.1) is 11.7 Å². The molecule has 2 rings (SSSR count). The number of benzene rings is 1. The third-order valence-corrected chi connectivity index (χ3v) is 4.43. The van der Waals surface area contributed by atoms with E-state index in [1.165, 1.54) is 18.9 Å². The molecule has 1 fully saturated rings. The number of halogens is 2. The topological polar surface area (TPSA) is 20.2 Å². The van der Waals surface area contributed by atoms with Gasteiger partial charge in [-0.1, -0.05) is 28.8 Å². The Bertz CT molecular complexity index is 374. The number of aliphatic hydroxyl groups excluding tert-OH is 1. The molecule has 0 spiro atoms. The van der Waals surface area contributed by atoms with Crippen LogP contribution in [0.1, 0.15) is 37.7 Å². The lowest BCUT2D eigenvalue weighted by molar-refractivity contribution is 0.102. The first-order chi connectivity index (χ1) is 8.16. The number of rotatable bonds is 4. The summed E-state index contributed by atoms with van der Waals surface area (Å²) < 4.78 is 14.0. The molecule has 0 saturated heterocycles. The van der Waals surface area contributed by atoms with E-state index in [2.05, 4.69) is 15.9 Å². The Labute approximate surface area is 110 Å². The summed E-state index contributed by atoms with van der Waals surface area (Å²) in [6.45, 7) is 0. The minimum Gasteiger partial charge on any atom is -0.393 e. The Morgan fingerprint density at radius 2 is 2.06 bits per heavy atom. The van der Waals surface area contributed by atoms with Gasteiger partial charge in [0, 0.05) is 4.47 Å². The molecule has 0 aliphatic heterocycles. The van der Waals surface area contributed by atoms with Gasteiger partial charge in [0.15, 0.2) is 0 Å². The average molecular weight is 301 g/mol. The van der Waals surface area contributed by atoms with Gasteiger partial charge in [-0.05, 0) is 55.4 Å². The summed E-state index contributed by atoms with van der Waals surface area (Å²) in [5.74, 6) is 0.251. The number of aryl methyl sites for hydroxylation is 1. The highest BCUT2D eigenvalue weighted by molar-refractivity contribution is 9.10. The van der Waals surface area contributed by atoms with E-state index < -0.39 is 0 Å². The summed E-state index contributed by atoms with van der Waals surface area (Å²) >= 11 is 3.42. The summed E-state index contributed by atoms with van der Waals surface area (Å²) in [5, 5.41) is 10.1.